The van der Waals surface area contributed by atoms with Gasteiger partial charge in [-0.2, -0.15) is 0 Å². The predicted octanol–water partition coefficient (Wildman–Crippen LogP) is 2.07. The maximum atomic E-state index is 11.1. The standard InChI is InChI=1S/C17H20O4/c18-14(10-9-13-5-2-1-3-6-13)11-15(19)12-16-7-4-8-17(20)21-16/h1-6,8-10,14-16,18-19H,7,11-12H2/b10-9+/t14-,15-,16-/m1/s1. The average Bonchev–Trinajstić information content (AvgIpc) is 2.46. The Morgan fingerprint density at radius 3 is 2.76 bits per heavy atom. The van der Waals surface area contributed by atoms with Crippen LogP contribution in [0.3, 0.4) is 0 Å². The summed E-state index contributed by atoms with van der Waals surface area (Å²) in [7, 11) is 0. The highest BCUT2D eigenvalue weighted by Crippen LogP contribution is 2.16. The van der Waals surface area contributed by atoms with Crippen LogP contribution in [-0.2, 0) is 9.53 Å². The lowest BCUT2D eigenvalue weighted by Gasteiger charge is -2.22. The number of rotatable bonds is 6. The predicted molar refractivity (Wildman–Crippen MR) is 80.4 cm³/mol. The van der Waals surface area contributed by atoms with E-state index in [4.69, 9.17) is 4.74 Å². The van der Waals surface area contributed by atoms with Crippen molar-refractivity contribution in [2.24, 2.45) is 0 Å². The van der Waals surface area contributed by atoms with Gasteiger partial charge in [0.25, 0.3) is 0 Å². The second-order valence-electron chi connectivity index (χ2n) is 5.16. The van der Waals surface area contributed by atoms with Crippen LogP contribution in [-0.4, -0.2) is 34.5 Å². The van der Waals surface area contributed by atoms with Crippen LogP contribution in [0.25, 0.3) is 6.08 Å². The van der Waals surface area contributed by atoms with Crippen LogP contribution in [0.4, 0.5) is 0 Å². The van der Waals surface area contributed by atoms with E-state index in [1.54, 1.807) is 12.2 Å². The van der Waals surface area contributed by atoms with Gasteiger partial charge < -0.3 is 14.9 Å². The third-order valence-electron chi connectivity index (χ3n) is 3.29. The van der Waals surface area contributed by atoms with Crippen molar-refractivity contribution < 1.29 is 19.7 Å². The van der Waals surface area contributed by atoms with Gasteiger partial charge >= 0.3 is 5.97 Å². The van der Waals surface area contributed by atoms with Crippen LogP contribution >= 0.6 is 0 Å². The molecule has 112 valence electrons. The Morgan fingerprint density at radius 2 is 2.05 bits per heavy atom. The average molecular weight is 288 g/mol. The molecule has 0 aromatic heterocycles. The number of hydrogen-bond donors (Lipinski definition) is 2. The third-order valence-corrected chi connectivity index (χ3v) is 3.29. The van der Waals surface area contributed by atoms with E-state index in [9.17, 15) is 15.0 Å². The van der Waals surface area contributed by atoms with E-state index in [1.807, 2.05) is 36.4 Å². The first kappa shape index (κ1) is 15.5. The van der Waals surface area contributed by atoms with Gasteiger partial charge in [-0.05, 0) is 5.56 Å². The quantitative estimate of drug-likeness (QED) is 0.786. The summed E-state index contributed by atoms with van der Waals surface area (Å²) in [5.41, 5.74) is 0.998. The van der Waals surface area contributed by atoms with E-state index in [0.717, 1.165) is 5.56 Å². The Bertz CT molecular complexity index is 507. The smallest absolute Gasteiger partial charge is 0.330 e. The zero-order valence-electron chi connectivity index (χ0n) is 11.8. The maximum absolute atomic E-state index is 11.1. The lowest BCUT2D eigenvalue weighted by atomic mass is 10.0. The van der Waals surface area contributed by atoms with Crippen LogP contribution in [0.5, 0.6) is 0 Å². The molecule has 4 nitrogen and oxygen atoms in total. The first-order valence-electron chi connectivity index (χ1n) is 7.10. The summed E-state index contributed by atoms with van der Waals surface area (Å²) in [5.74, 6) is -0.372. The molecule has 1 heterocycles. The Balaban J connectivity index is 1.77. The third kappa shape index (κ3) is 5.53. The fraction of sp³-hybridized carbons (Fsp3) is 0.353. The van der Waals surface area contributed by atoms with Crippen molar-refractivity contribution >= 4 is 12.0 Å². The van der Waals surface area contributed by atoms with Crippen molar-refractivity contribution in [2.75, 3.05) is 0 Å². The summed E-state index contributed by atoms with van der Waals surface area (Å²) < 4.78 is 5.08. The Labute approximate surface area is 124 Å². The van der Waals surface area contributed by atoms with Gasteiger partial charge in [-0.15, -0.1) is 0 Å². The fourth-order valence-electron chi connectivity index (χ4n) is 2.26. The van der Waals surface area contributed by atoms with Crippen molar-refractivity contribution in [1.82, 2.24) is 0 Å². The highest BCUT2D eigenvalue weighted by molar-refractivity contribution is 5.82. The zero-order chi connectivity index (χ0) is 15.1. The molecule has 4 heteroatoms. The van der Waals surface area contributed by atoms with Gasteiger partial charge in [0.05, 0.1) is 12.2 Å². The monoisotopic (exact) mass is 288 g/mol. The minimum Gasteiger partial charge on any atom is -0.459 e. The topological polar surface area (TPSA) is 66.8 Å². The van der Waals surface area contributed by atoms with Crippen LogP contribution in [0.15, 0.2) is 48.6 Å². The molecule has 2 N–H and O–H groups in total. The van der Waals surface area contributed by atoms with Crippen LogP contribution < -0.4 is 0 Å². The Hall–Kier alpha value is -1.91. The molecule has 1 aromatic rings. The molecular formula is C17H20O4. The van der Waals surface area contributed by atoms with Crippen molar-refractivity contribution in [1.29, 1.82) is 0 Å². The number of aliphatic hydroxyl groups is 2. The molecule has 3 atom stereocenters. The number of aliphatic hydroxyl groups excluding tert-OH is 2. The first-order chi connectivity index (χ1) is 10.1. The van der Waals surface area contributed by atoms with Gasteiger partial charge in [-0.1, -0.05) is 48.6 Å². The van der Waals surface area contributed by atoms with Crippen molar-refractivity contribution in [2.45, 2.75) is 37.6 Å². The van der Waals surface area contributed by atoms with Crippen LogP contribution in [0, 0.1) is 0 Å². The lowest BCUT2D eigenvalue weighted by Crippen LogP contribution is -2.27. The normalized spacial score (nSPS) is 21.2. The molecule has 0 radical (unpaired) electrons. The molecule has 0 unspecified atom stereocenters. The summed E-state index contributed by atoms with van der Waals surface area (Å²) in [6.07, 6.45) is 6.05. The SMILES string of the molecule is O=C1C=CC[C@H](C[C@H](O)C[C@H](O)/C=C/c2ccccc2)O1. The Morgan fingerprint density at radius 1 is 1.29 bits per heavy atom. The number of esters is 1. The molecule has 2 rings (SSSR count). The van der Waals surface area contributed by atoms with E-state index in [0.29, 0.717) is 12.8 Å². The molecule has 1 aliphatic rings. The number of benzene rings is 1. The minimum absolute atomic E-state index is 0.223. The maximum Gasteiger partial charge on any atom is 0.330 e. The molecule has 0 fully saturated rings. The molecule has 21 heavy (non-hydrogen) atoms. The lowest BCUT2D eigenvalue weighted by molar-refractivity contribution is -0.145. The van der Waals surface area contributed by atoms with Gasteiger partial charge in [0.2, 0.25) is 0 Å². The highest BCUT2D eigenvalue weighted by atomic mass is 16.5. The van der Waals surface area contributed by atoms with E-state index in [2.05, 4.69) is 0 Å². The number of ether oxygens (including phenoxy) is 1. The van der Waals surface area contributed by atoms with Crippen LogP contribution in [0.2, 0.25) is 0 Å². The molecule has 0 saturated heterocycles. The molecule has 1 aromatic carbocycles. The highest BCUT2D eigenvalue weighted by Gasteiger charge is 2.20. The van der Waals surface area contributed by atoms with E-state index < -0.39 is 12.2 Å². The molecule has 0 spiro atoms. The molecule has 0 bridgehead atoms. The largest absolute Gasteiger partial charge is 0.459 e. The summed E-state index contributed by atoms with van der Waals surface area (Å²) >= 11 is 0. The van der Waals surface area contributed by atoms with Gasteiger partial charge in [-0.3, -0.25) is 0 Å². The number of carbonyl (C=O) groups excluding carboxylic acids is 1. The van der Waals surface area contributed by atoms with Gasteiger partial charge in [0.1, 0.15) is 6.10 Å². The van der Waals surface area contributed by atoms with Crippen molar-refractivity contribution in [3.8, 4) is 0 Å². The van der Waals surface area contributed by atoms with E-state index in [1.165, 1.54) is 6.08 Å². The summed E-state index contributed by atoms with van der Waals surface area (Å²) in [5, 5.41) is 19.8. The Kier molecular flexibility index (Phi) is 5.72. The second-order valence-corrected chi connectivity index (χ2v) is 5.16. The molecule has 0 amide bonds. The summed E-state index contributed by atoms with van der Waals surface area (Å²) in [4.78, 5) is 11.1. The molecule has 0 saturated carbocycles. The van der Waals surface area contributed by atoms with Crippen molar-refractivity contribution in [3.63, 3.8) is 0 Å². The number of hydrogen-bond acceptors (Lipinski definition) is 4. The summed E-state index contributed by atoms with van der Waals surface area (Å²) in [6, 6.07) is 9.65. The van der Waals surface area contributed by atoms with Gasteiger partial charge in [0.15, 0.2) is 0 Å². The van der Waals surface area contributed by atoms with Crippen molar-refractivity contribution in [3.05, 3.63) is 54.1 Å². The van der Waals surface area contributed by atoms with E-state index >= 15 is 0 Å². The molecule has 0 aliphatic carbocycles. The number of cyclic esters (lactones) is 1. The van der Waals surface area contributed by atoms with E-state index in [-0.39, 0.29) is 18.5 Å². The minimum atomic E-state index is -0.727. The fourth-order valence-corrected chi connectivity index (χ4v) is 2.26. The molecular weight excluding hydrogens is 268 g/mol. The van der Waals surface area contributed by atoms with Gasteiger partial charge in [-0.25, -0.2) is 4.79 Å². The van der Waals surface area contributed by atoms with Crippen LogP contribution in [0.1, 0.15) is 24.8 Å². The molecule has 1 aliphatic heterocycles. The first-order valence-corrected chi connectivity index (χ1v) is 7.10. The van der Waals surface area contributed by atoms with Gasteiger partial charge in [0, 0.05) is 25.3 Å². The second kappa shape index (κ2) is 7.76. The number of carbonyl (C=O) groups is 1. The summed E-state index contributed by atoms with van der Waals surface area (Å²) in [6.45, 7) is 0. The zero-order valence-corrected chi connectivity index (χ0v) is 11.8.